The van der Waals surface area contributed by atoms with E-state index in [1.54, 1.807) is 0 Å². The first-order valence-corrected chi connectivity index (χ1v) is 4.41. The Balaban J connectivity index is 3.08. The molecule has 0 spiro atoms. The van der Waals surface area contributed by atoms with E-state index in [4.69, 9.17) is 22.1 Å². The third kappa shape index (κ3) is 9.39. The Hall–Kier alpha value is -0.520. The predicted molar refractivity (Wildman–Crippen MR) is 51.8 cm³/mol. The van der Waals surface area contributed by atoms with Crippen LogP contribution >= 0.6 is 12.2 Å². The normalized spacial score (nSPS) is 9.69. The third-order valence-corrected chi connectivity index (χ3v) is 1.57. The quantitative estimate of drug-likeness (QED) is 0.369. The monoisotopic (exact) mass is 206 g/mol. The van der Waals surface area contributed by atoms with Crippen molar-refractivity contribution in [1.29, 1.82) is 0 Å². The van der Waals surface area contributed by atoms with Crippen LogP contribution in [0.25, 0.3) is 0 Å². The van der Waals surface area contributed by atoms with Crippen LogP contribution in [0.3, 0.4) is 0 Å². The van der Waals surface area contributed by atoms with Crippen molar-refractivity contribution in [3.8, 4) is 0 Å². The number of hydrogen-bond acceptors (Lipinski definition) is 5. The summed E-state index contributed by atoms with van der Waals surface area (Å²) < 4.78 is 9.71. The number of ether oxygens (including phenoxy) is 2. The SMILES string of the molecule is CC(=O)OCCOCCC(=S)CO. The Bertz CT molecular complexity index is 170. The number of thiocarbonyl (C=S) groups is 1. The van der Waals surface area contributed by atoms with Crippen molar-refractivity contribution >= 4 is 23.1 Å². The molecule has 5 heteroatoms. The van der Waals surface area contributed by atoms with E-state index in [-0.39, 0.29) is 19.2 Å². The van der Waals surface area contributed by atoms with E-state index in [1.165, 1.54) is 6.92 Å². The van der Waals surface area contributed by atoms with Crippen molar-refractivity contribution in [1.82, 2.24) is 0 Å². The van der Waals surface area contributed by atoms with Gasteiger partial charge in [0.25, 0.3) is 0 Å². The van der Waals surface area contributed by atoms with Crippen molar-refractivity contribution in [2.45, 2.75) is 13.3 Å². The highest BCUT2D eigenvalue weighted by molar-refractivity contribution is 7.80. The number of hydrogen-bond donors (Lipinski definition) is 1. The van der Waals surface area contributed by atoms with Crippen molar-refractivity contribution in [3.05, 3.63) is 0 Å². The maximum absolute atomic E-state index is 10.3. The van der Waals surface area contributed by atoms with Crippen molar-refractivity contribution < 1.29 is 19.4 Å². The minimum atomic E-state index is -0.311. The predicted octanol–water partition coefficient (Wildman–Crippen LogP) is 0.318. The summed E-state index contributed by atoms with van der Waals surface area (Å²) >= 11 is 4.76. The Labute approximate surface area is 82.8 Å². The molecule has 0 aliphatic heterocycles. The van der Waals surface area contributed by atoms with Gasteiger partial charge in [-0.2, -0.15) is 0 Å². The largest absolute Gasteiger partial charge is 0.463 e. The summed E-state index contributed by atoms with van der Waals surface area (Å²) in [5.74, 6) is -0.311. The molecule has 0 radical (unpaired) electrons. The van der Waals surface area contributed by atoms with E-state index in [0.29, 0.717) is 24.5 Å². The van der Waals surface area contributed by atoms with Gasteiger partial charge in [-0.05, 0) is 0 Å². The van der Waals surface area contributed by atoms with E-state index in [1.807, 2.05) is 0 Å². The number of carbonyl (C=O) groups is 1. The Morgan fingerprint density at radius 3 is 2.62 bits per heavy atom. The van der Waals surface area contributed by atoms with Crippen LogP contribution in [0.2, 0.25) is 0 Å². The summed E-state index contributed by atoms with van der Waals surface area (Å²) in [7, 11) is 0. The highest BCUT2D eigenvalue weighted by Crippen LogP contribution is 1.88. The van der Waals surface area contributed by atoms with Crippen molar-refractivity contribution in [2.75, 3.05) is 26.4 Å². The maximum Gasteiger partial charge on any atom is 0.302 e. The fraction of sp³-hybridized carbons (Fsp3) is 0.750. The van der Waals surface area contributed by atoms with Crippen LogP contribution in [0, 0.1) is 0 Å². The summed E-state index contributed by atoms with van der Waals surface area (Å²) in [6.45, 7) is 2.36. The summed E-state index contributed by atoms with van der Waals surface area (Å²) in [4.78, 5) is 10.9. The van der Waals surface area contributed by atoms with E-state index >= 15 is 0 Å². The number of esters is 1. The molecular weight excluding hydrogens is 192 g/mol. The average molecular weight is 206 g/mol. The smallest absolute Gasteiger partial charge is 0.302 e. The van der Waals surface area contributed by atoms with Gasteiger partial charge in [0, 0.05) is 18.2 Å². The molecule has 0 atom stereocenters. The number of carbonyl (C=O) groups excluding carboxylic acids is 1. The third-order valence-electron chi connectivity index (χ3n) is 1.23. The zero-order chi connectivity index (χ0) is 10.1. The first kappa shape index (κ1) is 12.5. The van der Waals surface area contributed by atoms with E-state index in [2.05, 4.69) is 4.74 Å². The molecule has 0 aromatic heterocycles. The van der Waals surface area contributed by atoms with Gasteiger partial charge >= 0.3 is 5.97 Å². The fourth-order valence-corrected chi connectivity index (χ4v) is 0.695. The standard InChI is InChI=1S/C8H14O4S/c1-7(10)12-5-4-11-3-2-8(13)6-9/h9H,2-6H2,1H3. The number of aliphatic hydroxyl groups excluding tert-OH is 1. The lowest BCUT2D eigenvalue weighted by Gasteiger charge is -2.03. The Kier molecular flexibility index (Phi) is 7.77. The van der Waals surface area contributed by atoms with Gasteiger partial charge in [0.05, 0.1) is 19.8 Å². The molecule has 76 valence electrons. The molecule has 0 saturated heterocycles. The molecule has 0 rings (SSSR count). The maximum atomic E-state index is 10.3. The average Bonchev–Trinajstić information content (AvgIpc) is 2.10. The molecule has 0 aromatic rings. The van der Waals surface area contributed by atoms with Gasteiger partial charge in [-0.15, -0.1) is 0 Å². The van der Waals surface area contributed by atoms with Crippen LogP contribution in [0.1, 0.15) is 13.3 Å². The first-order valence-electron chi connectivity index (χ1n) is 4.00. The van der Waals surface area contributed by atoms with E-state index in [9.17, 15) is 4.79 Å². The highest BCUT2D eigenvalue weighted by Gasteiger charge is 1.95. The lowest BCUT2D eigenvalue weighted by atomic mass is 10.3. The molecule has 0 aliphatic rings. The van der Waals surface area contributed by atoms with Gasteiger partial charge < -0.3 is 14.6 Å². The molecule has 13 heavy (non-hydrogen) atoms. The molecule has 0 saturated carbocycles. The van der Waals surface area contributed by atoms with Crippen LogP contribution in [-0.2, 0) is 14.3 Å². The molecule has 0 aliphatic carbocycles. The van der Waals surface area contributed by atoms with Crippen LogP contribution in [0.4, 0.5) is 0 Å². The highest BCUT2D eigenvalue weighted by atomic mass is 32.1. The topological polar surface area (TPSA) is 55.8 Å². The fourth-order valence-electron chi connectivity index (χ4n) is 0.611. The number of aliphatic hydroxyl groups is 1. The van der Waals surface area contributed by atoms with Gasteiger partial charge in [0.15, 0.2) is 0 Å². The molecule has 0 bridgehead atoms. The van der Waals surface area contributed by atoms with Crippen LogP contribution in [0.15, 0.2) is 0 Å². The molecule has 0 amide bonds. The van der Waals surface area contributed by atoms with Gasteiger partial charge in [-0.25, -0.2) is 0 Å². The second-order valence-electron chi connectivity index (χ2n) is 2.40. The van der Waals surface area contributed by atoms with Gasteiger partial charge in [-0.3, -0.25) is 4.79 Å². The minimum Gasteiger partial charge on any atom is -0.463 e. The van der Waals surface area contributed by atoms with Crippen molar-refractivity contribution in [2.24, 2.45) is 0 Å². The molecule has 0 fully saturated rings. The summed E-state index contributed by atoms with van der Waals surface area (Å²) in [6, 6.07) is 0. The summed E-state index contributed by atoms with van der Waals surface area (Å²) in [6.07, 6.45) is 0.561. The van der Waals surface area contributed by atoms with Gasteiger partial charge in [-0.1, -0.05) is 12.2 Å². The summed E-state index contributed by atoms with van der Waals surface area (Å²) in [5.41, 5.74) is 0. The van der Waals surface area contributed by atoms with Crippen LogP contribution < -0.4 is 0 Å². The molecule has 0 unspecified atom stereocenters. The second kappa shape index (κ2) is 8.10. The second-order valence-corrected chi connectivity index (χ2v) is 2.98. The van der Waals surface area contributed by atoms with Crippen LogP contribution in [-0.4, -0.2) is 42.4 Å². The lowest BCUT2D eigenvalue weighted by molar-refractivity contribution is -0.142. The van der Waals surface area contributed by atoms with Crippen molar-refractivity contribution in [3.63, 3.8) is 0 Å². The molecule has 1 N–H and O–H groups in total. The first-order chi connectivity index (χ1) is 6.16. The van der Waals surface area contributed by atoms with E-state index in [0.717, 1.165) is 0 Å². The zero-order valence-electron chi connectivity index (χ0n) is 7.62. The molecule has 4 nitrogen and oxygen atoms in total. The molecule has 0 heterocycles. The van der Waals surface area contributed by atoms with Gasteiger partial charge in [0.1, 0.15) is 6.61 Å². The van der Waals surface area contributed by atoms with Crippen LogP contribution in [0.5, 0.6) is 0 Å². The molecular formula is C8H14O4S. The Morgan fingerprint density at radius 1 is 1.38 bits per heavy atom. The summed E-state index contributed by atoms with van der Waals surface area (Å²) in [5, 5.41) is 8.54. The van der Waals surface area contributed by atoms with Gasteiger partial charge in [0.2, 0.25) is 0 Å². The van der Waals surface area contributed by atoms with E-state index < -0.39 is 0 Å². The Morgan fingerprint density at radius 2 is 2.08 bits per heavy atom. The lowest BCUT2D eigenvalue weighted by Crippen LogP contribution is -2.11. The zero-order valence-corrected chi connectivity index (χ0v) is 8.43. The molecule has 0 aromatic carbocycles. The number of rotatable bonds is 7. The minimum absolute atomic E-state index is 0.0807.